The number of aromatic nitrogens is 2. The van der Waals surface area contributed by atoms with Crippen molar-refractivity contribution in [2.75, 3.05) is 10.6 Å². The molecule has 2 aromatic heterocycles. The van der Waals surface area contributed by atoms with Gasteiger partial charge in [-0.15, -0.1) is 0 Å². The zero-order valence-corrected chi connectivity index (χ0v) is 23.6. The number of aryl methyl sites for hydroxylation is 1. The maximum atomic E-state index is 13.4. The molecule has 214 valence electrons. The number of carboxylic acid groups (broad SMARTS) is 1. The second kappa shape index (κ2) is 11.5. The van der Waals surface area contributed by atoms with Gasteiger partial charge in [0.1, 0.15) is 16.4 Å². The van der Waals surface area contributed by atoms with Crippen molar-refractivity contribution >= 4 is 39.9 Å². The number of carbonyl (C=O) groups is 1. The maximum absolute atomic E-state index is 13.4. The highest BCUT2D eigenvalue weighted by atomic mass is 35.5. The van der Waals surface area contributed by atoms with Gasteiger partial charge in [0.2, 0.25) is 5.43 Å². The van der Waals surface area contributed by atoms with Crippen molar-refractivity contribution < 1.29 is 19.4 Å². The molecule has 0 spiro atoms. The fourth-order valence-corrected chi connectivity index (χ4v) is 5.32. The Balaban J connectivity index is 1.62. The third-order valence-electron chi connectivity index (χ3n) is 7.20. The van der Waals surface area contributed by atoms with Crippen LogP contribution in [0.1, 0.15) is 27.3 Å². The number of aromatic hydroxyl groups is 1. The normalized spacial score (nSPS) is 11.1. The smallest absolute Gasteiger partial charge is 0.336 e. The lowest BCUT2D eigenvalue weighted by Crippen LogP contribution is -2.14. The van der Waals surface area contributed by atoms with Crippen molar-refractivity contribution in [3.63, 3.8) is 0 Å². The standard InChI is InChI=1S/C33H25ClN4O5/c1-18-29(39)25(37-16-19-8-4-6-12-35-19)14-23-27(21-10-2-3-11-22(21)33(41)42)24-15-26(38-17-20-9-5-7-13-36-20)30(40)28(34)32(24)43-31(18)23/h2-15,37-39H,16-17H2,1H3,(H,41,42). The number of halogens is 1. The summed E-state index contributed by atoms with van der Waals surface area (Å²) in [6.45, 7) is 2.27. The Morgan fingerprint density at radius 2 is 1.51 bits per heavy atom. The summed E-state index contributed by atoms with van der Waals surface area (Å²) in [5, 5.41) is 28.0. The van der Waals surface area contributed by atoms with Crippen LogP contribution in [0.2, 0.25) is 5.02 Å². The number of aromatic carboxylic acids is 1. The van der Waals surface area contributed by atoms with Gasteiger partial charge in [-0.25, -0.2) is 4.79 Å². The van der Waals surface area contributed by atoms with Crippen LogP contribution in [-0.4, -0.2) is 26.2 Å². The van der Waals surface area contributed by atoms with Gasteiger partial charge in [-0.1, -0.05) is 41.9 Å². The first-order valence-electron chi connectivity index (χ1n) is 13.4. The fourth-order valence-electron chi connectivity index (χ4n) is 5.08. The molecule has 0 bridgehead atoms. The molecule has 2 aliphatic rings. The molecule has 4 aromatic rings. The average molecular weight is 593 g/mol. The molecular weight excluding hydrogens is 568 g/mol. The number of hydrogen-bond acceptors (Lipinski definition) is 8. The van der Waals surface area contributed by atoms with Crippen molar-refractivity contribution in [3.8, 4) is 28.2 Å². The topological polar surface area (TPSA) is 138 Å². The molecule has 10 heteroatoms. The van der Waals surface area contributed by atoms with Gasteiger partial charge >= 0.3 is 5.97 Å². The molecule has 3 heterocycles. The minimum absolute atomic E-state index is 0.0512. The first-order chi connectivity index (χ1) is 20.8. The van der Waals surface area contributed by atoms with Crippen molar-refractivity contribution in [3.05, 3.63) is 123 Å². The number of nitrogens with zero attached hydrogens (tertiary/aromatic N) is 2. The second-order valence-electron chi connectivity index (χ2n) is 9.90. The van der Waals surface area contributed by atoms with Gasteiger partial charge in [-0.3, -0.25) is 14.8 Å². The predicted octanol–water partition coefficient (Wildman–Crippen LogP) is 6.94. The molecule has 0 unspecified atom stereocenters. The van der Waals surface area contributed by atoms with Crippen LogP contribution in [-0.2, 0) is 13.1 Å². The van der Waals surface area contributed by atoms with Gasteiger partial charge in [0.25, 0.3) is 0 Å². The van der Waals surface area contributed by atoms with E-state index in [1.165, 1.54) is 6.07 Å². The molecule has 1 aliphatic heterocycles. The maximum Gasteiger partial charge on any atom is 0.336 e. The third kappa shape index (κ3) is 5.22. The predicted molar refractivity (Wildman–Crippen MR) is 166 cm³/mol. The van der Waals surface area contributed by atoms with Crippen molar-refractivity contribution in [2.45, 2.75) is 20.0 Å². The van der Waals surface area contributed by atoms with Gasteiger partial charge in [-0.05, 0) is 55.0 Å². The van der Waals surface area contributed by atoms with Gasteiger partial charge in [0.05, 0.1) is 41.4 Å². The summed E-state index contributed by atoms with van der Waals surface area (Å²) < 4.78 is 6.25. The molecule has 0 saturated heterocycles. The summed E-state index contributed by atoms with van der Waals surface area (Å²) in [5.74, 6) is -1.10. The van der Waals surface area contributed by atoms with Crippen molar-refractivity contribution in [1.82, 2.24) is 9.97 Å². The van der Waals surface area contributed by atoms with Crippen LogP contribution in [0.15, 0.2) is 94.4 Å². The summed E-state index contributed by atoms with van der Waals surface area (Å²) in [6, 6.07) is 20.9. The molecule has 9 nitrogen and oxygen atoms in total. The van der Waals surface area contributed by atoms with Crippen molar-refractivity contribution in [2.24, 2.45) is 0 Å². The molecule has 1 aliphatic carbocycles. The molecule has 0 radical (unpaired) electrons. The van der Waals surface area contributed by atoms with E-state index in [0.717, 1.165) is 5.69 Å². The summed E-state index contributed by atoms with van der Waals surface area (Å²) >= 11 is 6.66. The van der Waals surface area contributed by atoms with Gasteiger partial charge in [0.15, 0.2) is 5.76 Å². The van der Waals surface area contributed by atoms with Gasteiger partial charge in [0, 0.05) is 34.5 Å². The van der Waals surface area contributed by atoms with E-state index in [9.17, 15) is 19.8 Å². The van der Waals surface area contributed by atoms with Crippen molar-refractivity contribution in [1.29, 1.82) is 0 Å². The number of benzene rings is 3. The molecule has 0 amide bonds. The number of phenols is 1. The Kier molecular flexibility index (Phi) is 7.40. The molecule has 4 N–H and O–H groups in total. The number of fused-ring (bicyclic) bond motifs is 2. The van der Waals surface area contributed by atoms with E-state index >= 15 is 0 Å². The van der Waals surface area contributed by atoms with Crippen LogP contribution in [0, 0.1) is 6.92 Å². The van der Waals surface area contributed by atoms with E-state index in [1.54, 1.807) is 55.7 Å². The number of carboxylic acids is 1. The Bertz CT molecular complexity index is 2010. The number of hydrogen-bond donors (Lipinski definition) is 4. The number of phenolic OH excluding ortho intramolecular Hbond substituents is 1. The largest absolute Gasteiger partial charge is 0.505 e. The number of nitrogens with one attached hydrogen (secondary N) is 2. The quantitative estimate of drug-likeness (QED) is 0.109. The minimum Gasteiger partial charge on any atom is -0.505 e. The zero-order valence-electron chi connectivity index (χ0n) is 22.9. The van der Waals surface area contributed by atoms with Crippen LogP contribution in [0.4, 0.5) is 11.4 Å². The van der Waals surface area contributed by atoms with E-state index in [4.69, 9.17) is 16.0 Å². The molecule has 0 saturated carbocycles. The number of pyridine rings is 2. The first-order valence-corrected chi connectivity index (χ1v) is 13.8. The fraction of sp³-hybridized carbons (Fsp3) is 0.0909. The molecule has 43 heavy (non-hydrogen) atoms. The monoisotopic (exact) mass is 592 g/mol. The Morgan fingerprint density at radius 3 is 2.14 bits per heavy atom. The molecular formula is C33H25ClN4O5. The second-order valence-corrected chi connectivity index (χ2v) is 10.3. The molecule has 0 fully saturated rings. The van der Waals surface area contributed by atoms with E-state index in [1.807, 2.05) is 30.3 Å². The lowest BCUT2D eigenvalue weighted by Gasteiger charge is -2.21. The summed E-state index contributed by atoms with van der Waals surface area (Å²) in [6.07, 6.45) is 3.34. The Hall–Kier alpha value is -5.41. The number of rotatable bonds is 8. The zero-order chi connectivity index (χ0) is 30.1. The van der Waals surface area contributed by atoms with E-state index < -0.39 is 11.4 Å². The Labute approximate surface area is 250 Å². The molecule has 0 atom stereocenters. The lowest BCUT2D eigenvalue weighted by atomic mass is 9.89. The summed E-state index contributed by atoms with van der Waals surface area (Å²) in [5.41, 5.74) is 3.61. The van der Waals surface area contributed by atoms with Crippen LogP contribution in [0.3, 0.4) is 0 Å². The average Bonchev–Trinajstić information content (AvgIpc) is 3.03. The first kappa shape index (κ1) is 27.7. The van der Waals surface area contributed by atoms with Crippen LogP contribution in [0.5, 0.6) is 5.75 Å². The highest BCUT2D eigenvalue weighted by molar-refractivity contribution is 6.34. The summed E-state index contributed by atoms with van der Waals surface area (Å²) in [7, 11) is 0. The summed E-state index contributed by atoms with van der Waals surface area (Å²) in [4.78, 5) is 34.4. The molecule has 6 rings (SSSR count). The van der Waals surface area contributed by atoms with Gasteiger partial charge < -0.3 is 25.3 Å². The third-order valence-corrected chi connectivity index (χ3v) is 7.55. The lowest BCUT2D eigenvalue weighted by molar-refractivity contribution is 0.0697. The van der Waals surface area contributed by atoms with E-state index in [-0.39, 0.29) is 39.9 Å². The van der Waals surface area contributed by atoms with Crippen LogP contribution < -0.4 is 16.1 Å². The van der Waals surface area contributed by atoms with Crippen LogP contribution >= 0.6 is 11.6 Å². The van der Waals surface area contributed by atoms with E-state index in [2.05, 4.69) is 20.6 Å². The number of anilines is 2. The minimum atomic E-state index is -1.12. The Morgan fingerprint density at radius 1 is 0.884 bits per heavy atom. The van der Waals surface area contributed by atoms with E-state index in [0.29, 0.717) is 45.6 Å². The van der Waals surface area contributed by atoms with Gasteiger partial charge in [-0.2, -0.15) is 0 Å². The highest BCUT2D eigenvalue weighted by Gasteiger charge is 2.28. The SMILES string of the molecule is Cc1c(O)c(NCc2ccccn2)cc2c(-c3ccccc3C(=O)O)c3cc(NCc4ccccn4)c(=O)c(Cl)c-3oc12. The molecule has 2 aromatic carbocycles. The highest BCUT2D eigenvalue weighted by Crippen LogP contribution is 2.48. The van der Waals surface area contributed by atoms with Crippen LogP contribution in [0.25, 0.3) is 33.4 Å².